The molecular weight excluding hydrogens is 419 g/mol. The van der Waals surface area contributed by atoms with E-state index in [4.69, 9.17) is 0 Å². The zero-order chi connectivity index (χ0) is 19.5. The SMILES string of the molecule is CN(C)c1ccc(-c2cncc(C(=O)N3CCC(NCC4CC4)CC3)c2)cc1.Cl.Cl. The molecule has 1 aromatic carbocycles. The number of piperidine rings is 1. The molecule has 0 radical (unpaired) electrons. The van der Waals surface area contributed by atoms with Crippen molar-refractivity contribution in [2.75, 3.05) is 38.6 Å². The van der Waals surface area contributed by atoms with Gasteiger partial charge in [-0.15, -0.1) is 24.8 Å². The number of hydrogen-bond donors (Lipinski definition) is 1. The Morgan fingerprint density at radius 1 is 1.03 bits per heavy atom. The van der Waals surface area contributed by atoms with Crippen LogP contribution >= 0.6 is 24.8 Å². The summed E-state index contributed by atoms with van der Waals surface area (Å²) in [7, 11) is 4.06. The first-order chi connectivity index (χ1) is 13.6. The van der Waals surface area contributed by atoms with Crippen LogP contribution in [0.25, 0.3) is 11.1 Å². The molecule has 0 bridgehead atoms. The highest BCUT2D eigenvalue weighted by molar-refractivity contribution is 5.95. The van der Waals surface area contributed by atoms with Gasteiger partial charge in [-0.05, 0) is 61.9 Å². The summed E-state index contributed by atoms with van der Waals surface area (Å²) >= 11 is 0. The molecule has 30 heavy (non-hydrogen) atoms. The topological polar surface area (TPSA) is 48.5 Å². The maximum Gasteiger partial charge on any atom is 0.255 e. The lowest BCUT2D eigenvalue weighted by Gasteiger charge is -2.32. The van der Waals surface area contributed by atoms with E-state index >= 15 is 0 Å². The normalized spacial score (nSPS) is 16.4. The van der Waals surface area contributed by atoms with Crippen LogP contribution in [0.2, 0.25) is 0 Å². The number of rotatable bonds is 6. The first-order valence-electron chi connectivity index (χ1n) is 10.4. The van der Waals surface area contributed by atoms with Crippen LogP contribution in [-0.2, 0) is 0 Å². The molecule has 1 saturated carbocycles. The smallest absolute Gasteiger partial charge is 0.255 e. The summed E-state index contributed by atoms with van der Waals surface area (Å²) in [6.07, 6.45) is 8.36. The van der Waals surface area contributed by atoms with E-state index in [0.717, 1.165) is 55.2 Å². The fraction of sp³-hybridized carbons (Fsp3) is 0.478. The van der Waals surface area contributed by atoms with Crippen molar-refractivity contribution in [1.29, 1.82) is 0 Å². The van der Waals surface area contributed by atoms with Gasteiger partial charge in [-0.25, -0.2) is 0 Å². The van der Waals surface area contributed by atoms with E-state index in [1.807, 2.05) is 31.3 Å². The maximum absolute atomic E-state index is 13.0. The number of likely N-dealkylation sites (tertiary alicyclic amines) is 1. The van der Waals surface area contributed by atoms with E-state index in [1.54, 1.807) is 6.20 Å². The fourth-order valence-corrected chi connectivity index (χ4v) is 3.79. The van der Waals surface area contributed by atoms with E-state index in [0.29, 0.717) is 11.6 Å². The molecule has 2 aromatic rings. The Morgan fingerprint density at radius 3 is 2.30 bits per heavy atom. The van der Waals surface area contributed by atoms with Crippen LogP contribution in [0.4, 0.5) is 5.69 Å². The first-order valence-corrected chi connectivity index (χ1v) is 10.4. The van der Waals surface area contributed by atoms with Gasteiger partial charge in [0.05, 0.1) is 5.56 Å². The van der Waals surface area contributed by atoms with Crippen molar-refractivity contribution in [2.24, 2.45) is 5.92 Å². The van der Waals surface area contributed by atoms with Crippen LogP contribution in [0, 0.1) is 5.92 Å². The van der Waals surface area contributed by atoms with Gasteiger partial charge in [0.1, 0.15) is 0 Å². The Labute approximate surface area is 192 Å². The minimum Gasteiger partial charge on any atom is -0.378 e. The predicted molar refractivity (Wildman–Crippen MR) is 128 cm³/mol. The Balaban J connectivity index is 0.00000160. The van der Waals surface area contributed by atoms with Gasteiger partial charge >= 0.3 is 0 Å². The summed E-state index contributed by atoms with van der Waals surface area (Å²) in [4.78, 5) is 21.4. The largest absolute Gasteiger partial charge is 0.378 e. The van der Waals surface area contributed by atoms with Gasteiger partial charge in [0.25, 0.3) is 5.91 Å². The first kappa shape index (κ1) is 24.4. The highest BCUT2D eigenvalue weighted by Crippen LogP contribution is 2.28. The number of halogens is 2. The van der Waals surface area contributed by atoms with E-state index in [1.165, 1.54) is 12.8 Å². The Hall–Kier alpha value is -1.82. The number of nitrogens with one attached hydrogen (secondary N) is 1. The molecule has 2 aliphatic rings. The summed E-state index contributed by atoms with van der Waals surface area (Å²) < 4.78 is 0. The van der Waals surface area contributed by atoms with Crippen molar-refractivity contribution in [1.82, 2.24) is 15.2 Å². The van der Waals surface area contributed by atoms with Crippen LogP contribution in [0.5, 0.6) is 0 Å². The molecule has 0 spiro atoms. The number of hydrogen-bond acceptors (Lipinski definition) is 4. The van der Waals surface area contributed by atoms with Gasteiger partial charge < -0.3 is 15.1 Å². The molecular formula is C23H32Cl2N4O. The second-order valence-electron chi connectivity index (χ2n) is 8.32. The molecule has 2 fully saturated rings. The predicted octanol–water partition coefficient (Wildman–Crippen LogP) is 4.26. The zero-order valence-electron chi connectivity index (χ0n) is 17.7. The van der Waals surface area contributed by atoms with Gasteiger partial charge in [0.2, 0.25) is 0 Å². The number of amides is 1. The second-order valence-corrected chi connectivity index (χ2v) is 8.32. The molecule has 7 heteroatoms. The Bertz CT molecular complexity index is 816. The summed E-state index contributed by atoms with van der Waals surface area (Å²) in [5.41, 5.74) is 3.90. The van der Waals surface area contributed by atoms with Crippen molar-refractivity contribution in [3.05, 3.63) is 48.3 Å². The zero-order valence-corrected chi connectivity index (χ0v) is 19.3. The Kier molecular flexibility index (Phi) is 8.95. The van der Waals surface area contributed by atoms with Crippen LogP contribution < -0.4 is 10.2 Å². The fourth-order valence-electron chi connectivity index (χ4n) is 3.79. The van der Waals surface area contributed by atoms with Crippen LogP contribution in [0.1, 0.15) is 36.0 Å². The van der Waals surface area contributed by atoms with Gasteiger partial charge in [-0.2, -0.15) is 0 Å². The van der Waals surface area contributed by atoms with Crippen molar-refractivity contribution in [3.8, 4) is 11.1 Å². The average molecular weight is 451 g/mol. The number of anilines is 1. The van der Waals surface area contributed by atoms with E-state index < -0.39 is 0 Å². The molecule has 2 heterocycles. The minimum atomic E-state index is 0. The molecule has 1 amide bonds. The van der Waals surface area contributed by atoms with Crippen LogP contribution in [0.3, 0.4) is 0 Å². The third kappa shape index (κ3) is 6.10. The van der Waals surface area contributed by atoms with Crippen molar-refractivity contribution in [2.45, 2.75) is 31.7 Å². The molecule has 1 saturated heterocycles. The van der Waals surface area contributed by atoms with Crippen molar-refractivity contribution >= 4 is 36.4 Å². The molecule has 164 valence electrons. The highest BCUT2D eigenvalue weighted by Gasteiger charge is 2.26. The lowest BCUT2D eigenvalue weighted by Crippen LogP contribution is -2.45. The summed E-state index contributed by atoms with van der Waals surface area (Å²) in [5, 5.41) is 3.67. The molecule has 4 rings (SSSR count). The van der Waals surface area contributed by atoms with E-state index in [-0.39, 0.29) is 30.7 Å². The van der Waals surface area contributed by atoms with Crippen molar-refractivity contribution < 1.29 is 4.79 Å². The number of nitrogens with zero attached hydrogens (tertiary/aromatic N) is 3. The molecule has 1 aliphatic heterocycles. The third-order valence-electron chi connectivity index (χ3n) is 5.88. The van der Waals surface area contributed by atoms with E-state index in [9.17, 15) is 4.79 Å². The third-order valence-corrected chi connectivity index (χ3v) is 5.88. The van der Waals surface area contributed by atoms with E-state index in [2.05, 4.69) is 39.5 Å². The quantitative estimate of drug-likeness (QED) is 0.713. The average Bonchev–Trinajstić information content (AvgIpc) is 3.57. The molecule has 5 nitrogen and oxygen atoms in total. The molecule has 1 N–H and O–H groups in total. The lowest BCUT2D eigenvalue weighted by atomic mass is 10.0. The Morgan fingerprint density at radius 2 is 1.70 bits per heavy atom. The van der Waals surface area contributed by atoms with Gasteiger partial charge in [-0.1, -0.05) is 12.1 Å². The monoisotopic (exact) mass is 450 g/mol. The summed E-state index contributed by atoms with van der Waals surface area (Å²) in [6, 6.07) is 10.9. The number of pyridine rings is 1. The second kappa shape index (κ2) is 11.0. The molecule has 0 unspecified atom stereocenters. The summed E-state index contributed by atoms with van der Waals surface area (Å²) in [6.45, 7) is 2.79. The summed E-state index contributed by atoms with van der Waals surface area (Å²) in [5.74, 6) is 1.00. The molecule has 0 atom stereocenters. The standard InChI is InChI=1S/C23H30N4O.2ClH/c1-26(2)22-7-5-18(6-8-22)19-13-20(16-24-15-19)23(28)27-11-9-21(10-12-27)25-14-17-3-4-17;;/h5-8,13,15-17,21,25H,3-4,9-12,14H2,1-2H3;2*1H. The maximum atomic E-state index is 13.0. The van der Waals surface area contributed by atoms with Gasteiger partial charge in [0.15, 0.2) is 0 Å². The van der Waals surface area contributed by atoms with Gasteiger partial charge in [0, 0.05) is 56.9 Å². The van der Waals surface area contributed by atoms with Crippen molar-refractivity contribution in [3.63, 3.8) is 0 Å². The van der Waals surface area contributed by atoms with Crippen LogP contribution in [0.15, 0.2) is 42.7 Å². The van der Waals surface area contributed by atoms with Crippen LogP contribution in [-0.4, -0.2) is 55.6 Å². The van der Waals surface area contributed by atoms with Gasteiger partial charge in [-0.3, -0.25) is 9.78 Å². The number of carbonyl (C=O) groups excluding carboxylic acids is 1. The molecule has 1 aromatic heterocycles. The highest BCUT2D eigenvalue weighted by atomic mass is 35.5. The lowest BCUT2D eigenvalue weighted by molar-refractivity contribution is 0.0704. The molecule has 1 aliphatic carbocycles. The number of carbonyl (C=O) groups is 1. The number of aromatic nitrogens is 1. The minimum absolute atomic E-state index is 0. The number of benzene rings is 1.